The van der Waals surface area contributed by atoms with E-state index in [2.05, 4.69) is 15.2 Å². The quantitative estimate of drug-likeness (QED) is 0.415. The monoisotopic (exact) mass is 442 g/mol. The Balaban J connectivity index is 1.59. The molecule has 12 heteroatoms. The largest absolute Gasteiger partial charge is 0.416 e. The Labute approximate surface area is 173 Å². The summed E-state index contributed by atoms with van der Waals surface area (Å²) in [5.74, 6) is -0.403. The zero-order chi connectivity index (χ0) is 21.7. The summed E-state index contributed by atoms with van der Waals surface area (Å²) in [6.45, 7) is 2.75. The predicted molar refractivity (Wildman–Crippen MR) is 105 cm³/mol. The molecule has 1 amide bonds. The van der Waals surface area contributed by atoms with Gasteiger partial charge in [-0.25, -0.2) is 4.98 Å². The van der Waals surface area contributed by atoms with Gasteiger partial charge in [-0.1, -0.05) is 0 Å². The van der Waals surface area contributed by atoms with Crippen LogP contribution < -0.4 is 10.2 Å². The fraction of sp³-hybridized carbons (Fsp3) is 0.333. The number of carbonyl (C=O) groups excluding carboxylic acids is 1. The number of halogens is 3. The summed E-state index contributed by atoms with van der Waals surface area (Å²) in [6.07, 6.45) is -3.07. The van der Waals surface area contributed by atoms with Crippen LogP contribution in [0.1, 0.15) is 5.56 Å². The van der Waals surface area contributed by atoms with Crippen LogP contribution in [0.25, 0.3) is 0 Å². The van der Waals surface area contributed by atoms with E-state index in [4.69, 9.17) is 4.74 Å². The van der Waals surface area contributed by atoms with E-state index in [1.165, 1.54) is 0 Å². The molecule has 1 aromatic heterocycles. The maximum atomic E-state index is 12.8. The number of ether oxygens (including phenoxy) is 1. The average molecular weight is 442 g/mol. The number of morpholine rings is 1. The third kappa shape index (κ3) is 5.60. The molecule has 1 aliphatic heterocycles. The van der Waals surface area contributed by atoms with Crippen molar-refractivity contribution in [3.63, 3.8) is 0 Å². The number of nitrogens with one attached hydrogen (secondary N) is 1. The highest BCUT2D eigenvalue weighted by Crippen LogP contribution is 2.36. The predicted octanol–water partition coefficient (Wildman–Crippen LogP) is 3.58. The van der Waals surface area contributed by atoms with Crippen molar-refractivity contribution in [1.29, 1.82) is 0 Å². The lowest BCUT2D eigenvalue weighted by atomic mass is 10.2. The standard InChI is InChI=1S/C18H17F3N4O4S/c19-18(20,21)12-1-3-15(14(9-12)25(27)28)30-11-17(26)23-16-4-2-13(10-22-16)24-5-7-29-8-6-24/h1-4,9-10H,5-8,11H2,(H,22,23,26). The number of benzene rings is 1. The van der Waals surface area contributed by atoms with Crippen LogP contribution in [0.4, 0.5) is 30.4 Å². The van der Waals surface area contributed by atoms with Gasteiger partial charge in [0, 0.05) is 19.2 Å². The summed E-state index contributed by atoms with van der Waals surface area (Å²) in [5, 5.41) is 13.7. The third-order valence-electron chi connectivity index (χ3n) is 4.23. The topological polar surface area (TPSA) is 97.6 Å². The first-order chi connectivity index (χ1) is 14.2. The second-order valence-electron chi connectivity index (χ2n) is 6.28. The van der Waals surface area contributed by atoms with Gasteiger partial charge in [0.25, 0.3) is 5.69 Å². The summed E-state index contributed by atoms with van der Waals surface area (Å²) in [4.78, 5) is 28.6. The maximum absolute atomic E-state index is 12.8. The SMILES string of the molecule is O=C(CSc1ccc(C(F)(F)F)cc1[N+](=O)[O-])Nc1ccc(N2CCOCC2)cn1. The maximum Gasteiger partial charge on any atom is 0.416 e. The van der Waals surface area contributed by atoms with E-state index >= 15 is 0 Å². The molecule has 0 bridgehead atoms. The van der Waals surface area contributed by atoms with E-state index in [0.29, 0.717) is 25.1 Å². The van der Waals surface area contributed by atoms with Crippen molar-refractivity contribution in [3.05, 3.63) is 52.2 Å². The molecule has 0 spiro atoms. The van der Waals surface area contributed by atoms with Gasteiger partial charge in [0.1, 0.15) is 5.82 Å². The number of nitro benzene ring substituents is 1. The first-order valence-corrected chi connectivity index (χ1v) is 9.79. The zero-order valence-corrected chi connectivity index (χ0v) is 16.3. The molecule has 3 rings (SSSR count). The van der Waals surface area contributed by atoms with Gasteiger partial charge in [0.2, 0.25) is 5.91 Å². The third-order valence-corrected chi connectivity index (χ3v) is 5.30. The van der Waals surface area contributed by atoms with E-state index in [1.807, 2.05) is 6.07 Å². The smallest absolute Gasteiger partial charge is 0.378 e. The molecule has 1 saturated heterocycles. The van der Waals surface area contributed by atoms with Gasteiger partial charge in [0.15, 0.2) is 0 Å². The minimum absolute atomic E-state index is 0.0289. The molecule has 1 N–H and O–H groups in total. The minimum atomic E-state index is -4.69. The summed E-state index contributed by atoms with van der Waals surface area (Å²) in [7, 11) is 0. The van der Waals surface area contributed by atoms with Crippen molar-refractivity contribution < 1.29 is 27.6 Å². The molecule has 1 fully saturated rings. The molecule has 0 unspecified atom stereocenters. The number of hydrogen-bond donors (Lipinski definition) is 1. The second kappa shape index (κ2) is 9.30. The Hall–Kier alpha value is -2.86. The van der Waals surface area contributed by atoms with Crippen molar-refractivity contribution >= 4 is 34.9 Å². The normalized spacial score (nSPS) is 14.4. The fourth-order valence-corrected chi connectivity index (χ4v) is 3.55. The number of aromatic nitrogens is 1. The van der Waals surface area contributed by atoms with Gasteiger partial charge < -0.3 is 15.0 Å². The molecule has 1 aromatic carbocycles. The van der Waals surface area contributed by atoms with Crippen molar-refractivity contribution in [2.45, 2.75) is 11.1 Å². The van der Waals surface area contributed by atoms with Crippen molar-refractivity contribution in [2.75, 3.05) is 42.3 Å². The lowest BCUT2D eigenvalue weighted by molar-refractivity contribution is -0.388. The number of alkyl halides is 3. The Bertz CT molecular complexity index is 919. The van der Waals surface area contributed by atoms with Crippen LogP contribution >= 0.6 is 11.8 Å². The first kappa shape index (κ1) is 21.8. The molecular formula is C18H17F3N4O4S. The number of anilines is 2. The van der Waals surface area contributed by atoms with Gasteiger partial charge in [-0.15, -0.1) is 11.8 Å². The molecule has 1 aliphatic rings. The number of pyridine rings is 1. The number of nitrogens with zero attached hydrogens (tertiary/aromatic N) is 3. The number of rotatable bonds is 6. The number of carbonyl (C=O) groups is 1. The minimum Gasteiger partial charge on any atom is -0.378 e. The average Bonchev–Trinajstić information content (AvgIpc) is 2.72. The lowest BCUT2D eigenvalue weighted by Crippen LogP contribution is -2.36. The number of hydrogen-bond acceptors (Lipinski definition) is 7. The molecule has 0 aliphatic carbocycles. The van der Waals surface area contributed by atoms with Crippen LogP contribution in [0.3, 0.4) is 0 Å². The van der Waals surface area contributed by atoms with Crippen LogP contribution in [0, 0.1) is 10.1 Å². The molecule has 2 heterocycles. The highest BCUT2D eigenvalue weighted by Gasteiger charge is 2.33. The molecule has 160 valence electrons. The van der Waals surface area contributed by atoms with Crippen LogP contribution in [0.15, 0.2) is 41.4 Å². The van der Waals surface area contributed by atoms with Crippen LogP contribution in [0.2, 0.25) is 0 Å². The van der Waals surface area contributed by atoms with Gasteiger partial charge in [0.05, 0.1) is 46.2 Å². The number of amides is 1. The lowest BCUT2D eigenvalue weighted by Gasteiger charge is -2.28. The van der Waals surface area contributed by atoms with Gasteiger partial charge in [-0.3, -0.25) is 14.9 Å². The number of thioether (sulfide) groups is 1. The Morgan fingerprint density at radius 1 is 1.27 bits per heavy atom. The van der Waals surface area contributed by atoms with Gasteiger partial charge in [-0.2, -0.15) is 13.2 Å². The van der Waals surface area contributed by atoms with E-state index in [-0.39, 0.29) is 10.6 Å². The Kier molecular flexibility index (Phi) is 6.77. The van der Waals surface area contributed by atoms with Crippen LogP contribution in [0.5, 0.6) is 0 Å². The van der Waals surface area contributed by atoms with E-state index in [9.17, 15) is 28.1 Å². The highest BCUT2D eigenvalue weighted by atomic mass is 32.2. The fourth-order valence-electron chi connectivity index (χ4n) is 2.75. The van der Waals surface area contributed by atoms with Crippen LogP contribution in [-0.2, 0) is 15.7 Å². The number of nitro groups is 1. The summed E-state index contributed by atoms with van der Waals surface area (Å²) >= 11 is 0.777. The molecule has 2 aromatic rings. The van der Waals surface area contributed by atoms with Crippen molar-refractivity contribution in [2.24, 2.45) is 0 Å². The van der Waals surface area contributed by atoms with Crippen molar-refractivity contribution in [3.8, 4) is 0 Å². The van der Waals surface area contributed by atoms with Crippen LogP contribution in [-0.4, -0.2) is 47.9 Å². The molecule has 0 saturated carbocycles. The second-order valence-corrected chi connectivity index (χ2v) is 7.29. The van der Waals surface area contributed by atoms with Crippen molar-refractivity contribution in [1.82, 2.24) is 4.98 Å². The van der Waals surface area contributed by atoms with E-state index in [0.717, 1.165) is 42.7 Å². The Morgan fingerprint density at radius 3 is 2.60 bits per heavy atom. The Morgan fingerprint density at radius 2 is 2.00 bits per heavy atom. The van der Waals surface area contributed by atoms with Gasteiger partial charge >= 0.3 is 6.18 Å². The first-order valence-electron chi connectivity index (χ1n) is 8.81. The summed E-state index contributed by atoms with van der Waals surface area (Å²) in [6, 6.07) is 5.65. The van der Waals surface area contributed by atoms with E-state index < -0.39 is 28.3 Å². The highest BCUT2D eigenvalue weighted by molar-refractivity contribution is 8.00. The zero-order valence-electron chi connectivity index (χ0n) is 15.5. The molecule has 0 radical (unpaired) electrons. The molecule has 8 nitrogen and oxygen atoms in total. The summed E-state index contributed by atoms with van der Waals surface area (Å²) < 4.78 is 43.6. The molecular weight excluding hydrogens is 425 g/mol. The van der Waals surface area contributed by atoms with E-state index in [1.54, 1.807) is 12.3 Å². The molecule has 30 heavy (non-hydrogen) atoms. The summed E-state index contributed by atoms with van der Waals surface area (Å²) in [5.41, 5.74) is -0.922. The molecule has 0 atom stereocenters. The van der Waals surface area contributed by atoms with Gasteiger partial charge in [-0.05, 0) is 24.3 Å².